The summed E-state index contributed by atoms with van der Waals surface area (Å²) in [5.74, 6) is 0.716. The normalized spacial score (nSPS) is 13.1. The number of benzene rings is 1. The summed E-state index contributed by atoms with van der Waals surface area (Å²) in [4.78, 5) is 1.42. The highest BCUT2D eigenvalue weighted by atomic mass is 32.2. The van der Waals surface area contributed by atoms with Gasteiger partial charge in [0.2, 0.25) is 0 Å². The van der Waals surface area contributed by atoms with E-state index in [1.807, 2.05) is 18.8 Å². The van der Waals surface area contributed by atoms with Crippen LogP contribution in [0.2, 0.25) is 0 Å². The fourth-order valence-corrected chi connectivity index (χ4v) is 2.59. The van der Waals surface area contributed by atoms with Crippen molar-refractivity contribution >= 4 is 11.8 Å². The summed E-state index contributed by atoms with van der Waals surface area (Å²) in [5, 5.41) is 3.91. The van der Waals surface area contributed by atoms with Crippen molar-refractivity contribution in [2.24, 2.45) is 5.92 Å². The summed E-state index contributed by atoms with van der Waals surface area (Å²) >= 11 is 1.99. The van der Waals surface area contributed by atoms with E-state index in [2.05, 4.69) is 51.2 Å². The molecule has 0 saturated carbocycles. The molecule has 0 aliphatic carbocycles. The second kappa shape index (κ2) is 6.31. The summed E-state index contributed by atoms with van der Waals surface area (Å²) in [6.07, 6.45) is 0. The molecule has 1 aromatic carbocycles. The third kappa shape index (κ3) is 3.84. The Morgan fingerprint density at radius 1 is 1.25 bits per heavy atom. The Hall–Kier alpha value is -0.470. The summed E-state index contributed by atoms with van der Waals surface area (Å²) in [5.41, 5.74) is 2.76. The van der Waals surface area contributed by atoms with Gasteiger partial charge >= 0.3 is 0 Å². The van der Waals surface area contributed by atoms with Crippen LogP contribution in [0.15, 0.2) is 23.1 Å². The van der Waals surface area contributed by atoms with Crippen molar-refractivity contribution in [1.82, 2.24) is 5.32 Å². The van der Waals surface area contributed by atoms with Crippen molar-refractivity contribution in [3.05, 3.63) is 29.3 Å². The molecule has 0 amide bonds. The van der Waals surface area contributed by atoms with E-state index < -0.39 is 0 Å². The predicted octanol–water partition coefficient (Wildman–Crippen LogP) is 3.85. The fraction of sp³-hybridized carbons (Fsp3) is 0.571. The van der Waals surface area contributed by atoms with E-state index >= 15 is 0 Å². The van der Waals surface area contributed by atoms with Crippen LogP contribution in [-0.2, 0) is 6.54 Å². The molecule has 0 radical (unpaired) electrons. The number of thioether (sulfide) groups is 1. The average Bonchev–Trinajstić information content (AvgIpc) is 2.22. The minimum Gasteiger partial charge on any atom is -0.316 e. The smallest absolute Gasteiger partial charge is 0.0213 e. The van der Waals surface area contributed by atoms with E-state index in [-0.39, 0.29) is 0 Å². The van der Waals surface area contributed by atoms with E-state index in [0.717, 1.165) is 6.54 Å². The van der Waals surface area contributed by atoms with Gasteiger partial charge in [0.25, 0.3) is 0 Å². The first kappa shape index (κ1) is 13.6. The zero-order valence-corrected chi connectivity index (χ0v) is 11.8. The van der Waals surface area contributed by atoms with Crippen LogP contribution >= 0.6 is 11.8 Å². The molecule has 0 spiro atoms. The van der Waals surface area contributed by atoms with Crippen molar-refractivity contribution < 1.29 is 0 Å². The minimum atomic E-state index is 0.665. The van der Waals surface area contributed by atoms with Gasteiger partial charge in [-0.3, -0.25) is 0 Å². The first-order chi connectivity index (χ1) is 7.54. The fourth-order valence-electron chi connectivity index (χ4n) is 1.49. The van der Waals surface area contributed by atoms with Gasteiger partial charge in [0.05, 0.1) is 0 Å². The van der Waals surface area contributed by atoms with Crippen LogP contribution in [0.1, 0.15) is 31.9 Å². The molecule has 1 nitrogen and oxygen atoms in total. The Morgan fingerprint density at radius 2 is 1.94 bits per heavy atom. The van der Waals surface area contributed by atoms with Crippen molar-refractivity contribution in [1.29, 1.82) is 0 Å². The highest BCUT2D eigenvalue weighted by Crippen LogP contribution is 2.31. The number of nitrogens with one attached hydrogen (secondary N) is 1. The largest absolute Gasteiger partial charge is 0.316 e. The van der Waals surface area contributed by atoms with E-state index in [0.29, 0.717) is 11.2 Å². The predicted molar refractivity (Wildman–Crippen MR) is 74.1 cm³/mol. The van der Waals surface area contributed by atoms with Gasteiger partial charge in [-0.25, -0.2) is 0 Å². The lowest BCUT2D eigenvalue weighted by molar-refractivity contribution is 0.642. The molecular weight excluding hydrogens is 214 g/mol. The molecule has 90 valence electrons. The molecule has 0 aliphatic heterocycles. The van der Waals surface area contributed by atoms with E-state index in [4.69, 9.17) is 0 Å². The molecule has 0 saturated heterocycles. The van der Waals surface area contributed by atoms with Crippen LogP contribution in [0.25, 0.3) is 0 Å². The summed E-state index contributed by atoms with van der Waals surface area (Å²) in [7, 11) is 2.00. The van der Waals surface area contributed by atoms with Crippen LogP contribution in [0, 0.1) is 12.8 Å². The molecule has 0 bridgehead atoms. The van der Waals surface area contributed by atoms with Crippen molar-refractivity contribution in [3.63, 3.8) is 0 Å². The summed E-state index contributed by atoms with van der Waals surface area (Å²) in [6, 6.07) is 6.74. The van der Waals surface area contributed by atoms with Crippen LogP contribution < -0.4 is 5.32 Å². The maximum Gasteiger partial charge on any atom is 0.0213 e. The van der Waals surface area contributed by atoms with Crippen LogP contribution in [0.3, 0.4) is 0 Å². The molecule has 2 heteroatoms. The van der Waals surface area contributed by atoms with Crippen molar-refractivity contribution in [2.75, 3.05) is 7.05 Å². The van der Waals surface area contributed by atoms with Crippen molar-refractivity contribution in [3.8, 4) is 0 Å². The Kier molecular flexibility index (Phi) is 5.36. The van der Waals surface area contributed by atoms with Gasteiger partial charge in [0, 0.05) is 16.7 Å². The number of rotatable bonds is 5. The Labute approximate surface area is 104 Å². The highest BCUT2D eigenvalue weighted by molar-refractivity contribution is 8.00. The van der Waals surface area contributed by atoms with Gasteiger partial charge in [0.15, 0.2) is 0 Å². The van der Waals surface area contributed by atoms with Gasteiger partial charge in [-0.15, -0.1) is 11.8 Å². The quantitative estimate of drug-likeness (QED) is 0.781. The topological polar surface area (TPSA) is 12.0 Å². The van der Waals surface area contributed by atoms with Crippen LogP contribution in [-0.4, -0.2) is 12.3 Å². The second-order valence-electron chi connectivity index (χ2n) is 4.71. The van der Waals surface area contributed by atoms with E-state index in [1.54, 1.807) is 0 Å². The zero-order valence-electron chi connectivity index (χ0n) is 11.0. The van der Waals surface area contributed by atoms with Gasteiger partial charge in [-0.2, -0.15) is 0 Å². The average molecular weight is 237 g/mol. The Morgan fingerprint density at radius 3 is 2.50 bits per heavy atom. The molecule has 0 heterocycles. The molecule has 0 fully saturated rings. The van der Waals surface area contributed by atoms with Crippen LogP contribution in [0.5, 0.6) is 0 Å². The number of aryl methyl sites for hydroxylation is 1. The Balaban J connectivity index is 2.85. The SMILES string of the molecule is CNCc1cc(C)ccc1SC(C)C(C)C. The zero-order chi connectivity index (χ0) is 12.1. The van der Waals surface area contributed by atoms with Gasteiger partial charge in [-0.05, 0) is 31.5 Å². The minimum absolute atomic E-state index is 0.665. The van der Waals surface area contributed by atoms with Gasteiger partial charge in [-0.1, -0.05) is 38.5 Å². The molecule has 0 aliphatic rings. The van der Waals surface area contributed by atoms with Crippen LogP contribution in [0.4, 0.5) is 0 Å². The van der Waals surface area contributed by atoms with E-state index in [1.165, 1.54) is 16.0 Å². The third-order valence-electron chi connectivity index (χ3n) is 2.83. The summed E-state index contributed by atoms with van der Waals surface area (Å²) < 4.78 is 0. The third-order valence-corrected chi connectivity index (χ3v) is 4.40. The second-order valence-corrected chi connectivity index (χ2v) is 6.13. The highest BCUT2D eigenvalue weighted by Gasteiger charge is 2.11. The van der Waals surface area contributed by atoms with Gasteiger partial charge in [0.1, 0.15) is 0 Å². The standard InChI is InChI=1S/C14H23NS/c1-10(2)12(4)16-14-7-6-11(3)8-13(14)9-15-5/h6-8,10,12,15H,9H2,1-5H3. The maximum absolute atomic E-state index is 3.24. The molecule has 1 atom stereocenters. The maximum atomic E-state index is 3.24. The van der Waals surface area contributed by atoms with E-state index in [9.17, 15) is 0 Å². The van der Waals surface area contributed by atoms with Crippen molar-refractivity contribution in [2.45, 2.75) is 44.4 Å². The first-order valence-electron chi connectivity index (χ1n) is 5.95. The molecule has 1 N–H and O–H groups in total. The molecular formula is C14H23NS. The van der Waals surface area contributed by atoms with Gasteiger partial charge < -0.3 is 5.32 Å². The lowest BCUT2D eigenvalue weighted by Crippen LogP contribution is -2.09. The lowest BCUT2D eigenvalue weighted by Gasteiger charge is -2.17. The monoisotopic (exact) mass is 237 g/mol. The Bertz CT molecular complexity index is 334. The first-order valence-corrected chi connectivity index (χ1v) is 6.83. The molecule has 1 rings (SSSR count). The number of hydrogen-bond donors (Lipinski definition) is 1. The summed E-state index contributed by atoms with van der Waals surface area (Å²) in [6.45, 7) is 9.97. The number of hydrogen-bond acceptors (Lipinski definition) is 2. The molecule has 1 aromatic rings. The molecule has 16 heavy (non-hydrogen) atoms. The lowest BCUT2D eigenvalue weighted by atomic mass is 10.1. The molecule has 0 aromatic heterocycles. The molecule has 1 unspecified atom stereocenters.